The number of aryl methyl sites for hydroxylation is 2. The fraction of sp³-hybridized carbons (Fsp3) is 0.714. The van der Waals surface area contributed by atoms with E-state index >= 15 is 0 Å². The standard InChI is InChI=1S/C14H23NO/c1-9(13-5-6-13)8-15-11(3)14-7-10(2)16-12(14)4/h7,9,11,13,15H,5-6,8H2,1-4H3. The van der Waals surface area contributed by atoms with Gasteiger partial charge in [-0.2, -0.15) is 0 Å². The molecule has 0 aliphatic heterocycles. The van der Waals surface area contributed by atoms with Crippen molar-refractivity contribution >= 4 is 0 Å². The minimum atomic E-state index is 0.402. The van der Waals surface area contributed by atoms with Crippen LogP contribution < -0.4 is 5.32 Å². The summed E-state index contributed by atoms with van der Waals surface area (Å²) in [5, 5.41) is 3.61. The fourth-order valence-corrected chi connectivity index (χ4v) is 2.38. The van der Waals surface area contributed by atoms with E-state index < -0.39 is 0 Å². The van der Waals surface area contributed by atoms with Gasteiger partial charge in [0.05, 0.1) is 0 Å². The van der Waals surface area contributed by atoms with Crippen LogP contribution in [0.3, 0.4) is 0 Å². The van der Waals surface area contributed by atoms with Gasteiger partial charge in [0.1, 0.15) is 11.5 Å². The van der Waals surface area contributed by atoms with E-state index in [4.69, 9.17) is 4.42 Å². The molecular weight excluding hydrogens is 198 g/mol. The molecule has 0 amide bonds. The first-order valence-corrected chi connectivity index (χ1v) is 6.38. The Morgan fingerprint density at radius 2 is 2.06 bits per heavy atom. The third-order valence-corrected chi connectivity index (χ3v) is 3.72. The number of hydrogen-bond acceptors (Lipinski definition) is 2. The average molecular weight is 221 g/mol. The van der Waals surface area contributed by atoms with Crippen LogP contribution in [0, 0.1) is 25.7 Å². The molecule has 1 N–H and O–H groups in total. The molecule has 2 unspecified atom stereocenters. The van der Waals surface area contributed by atoms with Crippen LogP contribution in [-0.4, -0.2) is 6.54 Å². The van der Waals surface area contributed by atoms with E-state index in [0.29, 0.717) is 6.04 Å². The summed E-state index contributed by atoms with van der Waals surface area (Å²) in [6.45, 7) is 9.75. The van der Waals surface area contributed by atoms with Crippen molar-refractivity contribution in [1.29, 1.82) is 0 Å². The van der Waals surface area contributed by atoms with Crippen molar-refractivity contribution in [2.75, 3.05) is 6.54 Å². The molecule has 0 aromatic carbocycles. The minimum Gasteiger partial charge on any atom is -0.466 e. The van der Waals surface area contributed by atoms with E-state index in [1.54, 1.807) is 0 Å². The molecule has 16 heavy (non-hydrogen) atoms. The zero-order chi connectivity index (χ0) is 11.7. The van der Waals surface area contributed by atoms with E-state index in [9.17, 15) is 0 Å². The number of rotatable bonds is 5. The molecule has 0 saturated heterocycles. The van der Waals surface area contributed by atoms with Crippen molar-refractivity contribution < 1.29 is 4.42 Å². The van der Waals surface area contributed by atoms with E-state index in [1.165, 1.54) is 18.4 Å². The van der Waals surface area contributed by atoms with E-state index in [0.717, 1.165) is 29.9 Å². The lowest BCUT2D eigenvalue weighted by molar-refractivity contribution is 0.426. The van der Waals surface area contributed by atoms with Crippen LogP contribution in [0.15, 0.2) is 10.5 Å². The first kappa shape index (κ1) is 11.7. The van der Waals surface area contributed by atoms with Gasteiger partial charge in [0.25, 0.3) is 0 Å². The van der Waals surface area contributed by atoms with Crippen LogP contribution in [0.2, 0.25) is 0 Å². The Morgan fingerprint density at radius 3 is 2.56 bits per heavy atom. The molecule has 2 heteroatoms. The zero-order valence-corrected chi connectivity index (χ0v) is 10.8. The van der Waals surface area contributed by atoms with Crippen LogP contribution in [-0.2, 0) is 0 Å². The maximum Gasteiger partial charge on any atom is 0.105 e. The lowest BCUT2D eigenvalue weighted by Gasteiger charge is -2.17. The molecule has 2 nitrogen and oxygen atoms in total. The molecule has 1 fully saturated rings. The van der Waals surface area contributed by atoms with Gasteiger partial charge in [0, 0.05) is 11.6 Å². The third kappa shape index (κ3) is 2.67. The Morgan fingerprint density at radius 1 is 1.38 bits per heavy atom. The Kier molecular flexibility index (Phi) is 3.38. The van der Waals surface area contributed by atoms with Gasteiger partial charge in [-0.3, -0.25) is 0 Å². The zero-order valence-electron chi connectivity index (χ0n) is 10.8. The van der Waals surface area contributed by atoms with Crippen LogP contribution >= 0.6 is 0 Å². The normalized spacial score (nSPS) is 19.8. The monoisotopic (exact) mass is 221 g/mol. The van der Waals surface area contributed by atoms with Crippen molar-refractivity contribution in [1.82, 2.24) is 5.32 Å². The molecule has 0 radical (unpaired) electrons. The van der Waals surface area contributed by atoms with Crippen LogP contribution in [0.1, 0.15) is 49.8 Å². The summed E-state index contributed by atoms with van der Waals surface area (Å²) in [5.74, 6) is 3.86. The van der Waals surface area contributed by atoms with Gasteiger partial charge in [-0.25, -0.2) is 0 Å². The smallest absolute Gasteiger partial charge is 0.105 e. The SMILES string of the molecule is Cc1cc(C(C)NCC(C)C2CC2)c(C)o1. The highest BCUT2D eigenvalue weighted by Crippen LogP contribution is 2.36. The van der Waals surface area contributed by atoms with Crippen molar-refractivity contribution in [2.24, 2.45) is 11.8 Å². The predicted molar refractivity (Wildman–Crippen MR) is 66.5 cm³/mol. The van der Waals surface area contributed by atoms with Crippen LogP contribution in [0.4, 0.5) is 0 Å². The van der Waals surface area contributed by atoms with Gasteiger partial charge in [-0.1, -0.05) is 6.92 Å². The highest BCUT2D eigenvalue weighted by molar-refractivity contribution is 5.23. The van der Waals surface area contributed by atoms with E-state index in [2.05, 4.69) is 25.2 Å². The van der Waals surface area contributed by atoms with Gasteiger partial charge in [0.15, 0.2) is 0 Å². The molecule has 2 atom stereocenters. The molecule has 90 valence electrons. The Balaban J connectivity index is 1.87. The Labute approximate surface area is 98.4 Å². The summed E-state index contributed by atoms with van der Waals surface area (Å²) < 4.78 is 5.56. The highest BCUT2D eigenvalue weighted by Gasteiger charge is 2.27. The molecule has 0 spiro atoms. The first-order valence-electron chi connectivity index (χ1n) is 6.38. The molecular formula is C14H23NO. The van der Waals surface area contributed by atoms with Crippen molar-refractivity contribution in [2.45, 2.75) is 46.6 Å². The summed E-state index contributed by atoms with van der Waals surface area (Å²) in [6, 6.07) is 2.55. The Bertz CT molecular complexity index is 352. The second-order valence-corrected chi connectivity index (χ2v) is 5.31. The molecule has 1 aliphatic rings. The van der Waals surface area contributed by atoms with Crippen molar-refractivity contribution in [3.05, 3.63) is 23.2 Å². The average Bonchev–Trinajstić information content (AvgIpc) is 3.01. The highest BCUT2D eigenvalue weighted by atomic mass is 16.3. The molecule has 1 aliphatic carbocycles. The third-order valence-electron chi connectivity index (χ3n) is 3.72. The second-order valence-electron chi connectivity index (χ2n) is 5.31. The molecule has 0 bridgehead atoms. The predicted octanol–water partition coefficient (Wildman–Crippen LogP) is 3.59. The maximum absolute atomic E-state index is 5.56. The van der Waals surface area contributed by atoms with Crippen molar-refractivity contribution in [3.8, 4) is 0 Å². The van der Waals surface area contributed by atoms with E-state index in [-0.39, 0.29) is 0 Å². The number of nitrogens with one attached hydrogen (secondary N) is 1. The summed E-state index contributed by atoms with van der Waals surface area (Å²) in [7, 11) is 0. The van der Waals surface area contributed by atoms with Gasteiger partial charge in [0.2, 0.25) is 0 Å². The molecule has 1 heterocycles. The number of furan rings is 1. The molecule has 1 saturated carbocycles. The maximum atomic E-state index is 5.56. The molecule has 1 aromatic heterocycles. The first-order chi connectivity index (χ1) is 7.58. The summed E-state index contributed by atoms with van der Waals surface area (Å²) >= 11 is 0. The minimum absolute atomic E-state index is 0.402. The summed E-state index contributed by atoms with van der Waals surface area (Å²) in [5.41, 5.74) is 1.31. The Hall–Kier alpha value is -0.760. The summed E-state index contributed by atoms with van der Waals surface area (Å²) in [6.07, 6.45) is 2.86. The number of hydrogen-bond donors (Lipinski definition) is 1. The van der Waals surface area contributed by atoms with Crippen LogP contribution in [0.5, 0.6) is 0 Å². The molecule has 2 rings (SSSR count). The molecule has 1 aromatic rings. The van der Waals surface area contributed by atoms with Gasteiger partial charge in [-0.15, -0.1) is 0 Å². The summed E-state index contributed by atoms with van der Waals surface area (Å²) in [4.78, 5) is 0. The fourth-order valence-electron chi connectivity index (χ4n) is 2.38. The lowest BCUT2D eigenvalue weighted by Crippen LogP contribution is -2.25. The van der Waals surface area contributed by atoms with Gasteiger partial charge in [-0.05, 0) is 58.1 Å². The lowest BCUT2D eigenvalue weighted by atomic mass is 10.0. The quantitative estimate of drug-likeness (QED) is 0.822. The van der Waals surface area contributed by atoms with Crippen LogP contribution in [0.25, 0.3) is 0 Å². The van der Waals surface area contributed by atoms with Crippen molar-refractivity contribution in [3.63, 3.8) is 0 Å². The van der Waals surface area contributed by atoms with E-state index in [1.807, 2.05) is 13.8 Å². The van der Waals surface area contributed by atoms with Gasteiger partial charge >= 0.3 is 0 Å². The topological polar surface area (TPSA) is 25.2 Å². The largest absolute Gasteiger partial charge is 0.466 e. The second kappa shape index (κ2) is 4.62. The van der Waals surface area contributed by atoms with Gasteiger partial charge < -0.3 is 9.73 Å².